The molecule has 1 fully saturated rings. The maximum absolute atomic E-state index is 11.2. The van der Waals surface area contributed by atoms with E-state index in [1.165, 1.54) is 0 Å². The number of cyclic esters (lactones) is 2. The van der Waals surface area contributed by atoms with Crippen LogP contribution in [0.15, 0.2) is 0 Å². The summed E-state index contributed by atoms with van der Waals surface area (Å²) in [6.45, 7) is 3.35. The summed E-state index contributed by atoms with van der Waals surface area (Å²) in [5, 5.41) is -0.416. The van der Waals surface area contributed by atoms with Gasteiger partial charge in [-0.1, -0.05) is 13.8 Å². The minimum absolute atomic E-state index is 0.289. The van der Waals surface area contributed by atoms with Gasteiger partial charge in [-0.05, 0) is 24.4 Å². The Kier molecular flexibility index (Phi) is 3.85. The Balaban J connectivity index is 2.48. The van der Waals surface area contributed by atoms with Gasteiger partial charge in [0.05, 0.1) is 11.8 Å². The van der Waals surface area contributed by atoms with Gasteiger partial charge in [0.1, 0.15) is 0 Å². The van der Waals surface area contributed by atoms with Crippen LogP contribution in [0.25, 0.3) is 0 Å². The van der Waals surface area contributed by atoms with Gasteiger partial charge in [0.2, 0.25) is 5.24 Å². The molecule has 84 valence electrons. The summed E-state index contributed by atoms with van der Waals surface area (Å²) in [4.78, 5) is 33.0. The van der Waals surface area contributed by atoms with Gasteiger partial charge in [-0.25, -0.2) is 0 Å². The zero-order valence-electron chi connectivity index (χ0n) is 8.66. The van der Waals surface area contributed by atoms with Crippen molar-refractivity contribution >= 4 is 28.8 Å². The summed E-state index contributed by atoms with van der Waals surface area (Å²) in [5.74, 6) is -2.08. The Morgan fingerprint density at radius 1 is 1.47 bits per heavy atom. The fourth-order valence-electron chi connectivity index (χ4n) is 1.55. The molecule has 0 bridgehead atoms. The van der Waals surface area contributed by atoms with Crippen LogP contribution in [0.3, 0.4) is 0 Å². The van der Waals surface area contributed by atoms with E-state index in [-0.39, 0.29) is 5.92 Å². The van der Waals surface area contributed by atoms with Crippen LogP contribution in [0.1, 0.15) is 26.7 Å². The summed E-state index contributed by atoms with van der Waals surface area (Å²) in [7, 11) is 0. The summed E-state index contributed by atoms with van der Waals surface area (Å²) < 4.78 is 4.48. The molecule has 1 aliphatic rings. The predicted molar refractivity (Wildman–Crippen MR) is 53.0 cm³/mol. The number of hydrogen-bond acceptors (Lipinski definition) is 4. The van der Waals surface area contributed by atoms with Gasteiger partial charge in [-0.15, -0.1) is 0 Å². The number of rotatable bonds is 4. The van der Waals surface area contributed by atoms with Gasteiger partial charge in [-0.2, -0.15) is 0 Å². The first-order chi connectivity index (χ1) is 6.93. The third-order valence-corrected chi connectivity index (χ3v) is 3.15. The molecule has 0 aromatic carbocycles. The van der Waals surface area contributed by atoms with Gasteiger partial charge < -0.3 is 4.74 Å². The maximum atomic E-state index is 11.2. The molecule has 3 atom stereocenters. The first-order valence-corrected chi connectivity index (χ1v) is 5.26. The molecule has 5 heteroatoms. The molecule has 3 unspecified atom stereocenters. The molecule has 0 spiro atoms. The summed E-state index contributed by atoms with van der Waals surface area (Å²) in [5.41, 5.74) is 0. The lowest BCUT2D eigenvalue weighted by atomic mass is 9.89. The number of carbonyl (C=O) groups excluding carboxylic acids is 3. The van der Waals surface area contributed by atoms with E-state index in [0.29, 0.717) is 12.8 Å². The van der Waals surface area contributed by atoms with E-state index >= 15 is 0 Å². The quantitative estimate of drug-likeness (QED) is 0.419. The van der Waals surface area contributed by atoms with E-state index in [1.807, 2.05) is 0 Å². The maximum Gasteiger partial charge on any atom is 0.317 e. The van der Waals surface area contributed by atoms with Crippen LogP contribution in [-0.4, -0.2) is 17.2 Å². The van der Waals surface area contributed by atoms with E-state index in [1.54, 1.807) is 13.8 Å². The highest BCUT2D eigenvalue weighted by Gasteiger charge is 2.40. The van der Waals surface area contributed by atoms with Crippen molar-refractivity contribution in [2.24, 2.45) is 17.8 Å². The van der Waals surface area contributed by atoms with Crippen molar-refractivity contribution in [2.45, 2.75) is 26.7 Å². The van der Waals surface area contributed by atoms with Crippen LogP contribution >= 0.6 is 11.6 Å². The lowest BCUT2D eigenvalue weighted by Gasteiger charge is -2.10. The molecule has 0 N–H and O–H groups in total. The molecule has 0 saturated carbocycles. The summed E-state index contributed by atoms with van der Waals surface area (Å²) in [6.07, 6.45) is 0.963. The van der Waals surface area contributed by atoms with Gasteiger partial charge in [0, 0.05) is 5.92 Å². The van der Waals surface area contributed by atoms with E-state index in [2.05, 4.69) is 4.74 Å². The Hall–Kier alpha value is -0.900. The van der Waals surface area contributed by atoms with E-state index in [0.717, 1.165) is 0 Å². The van der Waals surface area contributed by atoms with Crippen molar-refractivity contribution in [3.05, 3.63) is 0 Å². The van der Waals surface area contributed by atoms with Crippen LogP contribution in [0.4, 0.5) is 0 Å². The second-order valence-corrected chi connectivity index (χ2v) is 4.29. The van der Waals surface area contributed by atoms with Gasteiger partial charge in [0.25, 0.3) is 0 Å². The highest BCUT2D eigenvalue weighted by molar-refractivity contribution is 6.63. The van der Waals surface area contributed by atoms with Crippen LogP contribution in [0.5, 0.6) is 0 Å². The molecular formula is C10H13ClO4. The number of esters is 2. The van der Waals surface area contributed by atoms with Crippen molar-refractivity contribution in [3.8, 4) is 0 Å². The third kappa shape index (κ3) is 2.78. The van der Waals surface area contributed by atoms with Crippen molar-refractivity contribution in [1.29, 1.82) is 0 Å². The smallest absolute Gasteiger partial charge is 0.317 e. The molecule has 0 aromatic heterocycles. The largest absolute Gasteiger partial charge is 0.393 e. The first-order valence-electron chi connectivity index (χ1n) is 4.88. The molecule has 0 aromatic rings. The normalized spacial score (nSPS) is 27.7. The lowest BCUT2D eigenvalue weighted by molar-refractivity contribution is -0.153. The van der Waals surface area contributed by atoms with Crippen LogP contribution < -0.4 is 0 Å². The molecule has 1 heterocycles. The average molecular weight is 233 g/mol. The Morgan fingerprint density at radius 2 is 2.07 bits per heavy atom. The Bertz CT molecular complexity index is 300. The van der Waals surface area contributed by atoms with Crippen LogP contribution in [0, 0.1) is 17.8 Å². The molecule has 1 aliphatic heterocycles. The van der Waals surface area contributed by atoms with Gasteiger partial charge in [-0.3, -0.25) is 14.4 Å². The topological polar surface area (TPSA) is 60.4 Å². The molecular weight excluding hydrogens is 220 g/mol. The number of ether oxygens (including phenoxy) is 1. The molecule has 4 nitrogen and oxygen atoms in total. The highest BCUT2D eigenvalue weighted by atomic mass is 35.5. The summed E-state index contributed by atoms with van der Waals surface area (Å²) >= 11 is 5.29. The van der Waals surface area contributed by atoms with Crippen molar-refractivity contribution < 1.29 is 19.1 Å². The predicted octanol–water partition coefficient (Wildman–Crippen LogP) is 1.50. The summed E-state index contributed by atoms with van der Waals surface area (Å²) in [6, 6.07) is 0. The molecule has 1 saturated heterocycles. The van der Waals surface area contributed by atoms with Crippen molar-refractivity contribution in [3.63, 3.8) is 0 Å². The van der Waals surface area contributed by atoms with Crippen molar-refractivity contribution in [1.82, 2.24) is 0 Å². The minimum atomic E-state index is -0.485. The molecule has 0 radical (unpaired) electrons. The standard InChI is InChI=1S/C10H13ClO4/c1-5(8(11)12)3-4-7-6(2)9(13)15-10(7)14/h5-7H,3-4H2,1-2H3. The van der Waals surface area contributed by atoms with Gasteiger partial charge >= 0.3 is 11.9 Å². The molecule has 15 heavy (non-hydrogen) atoms. The van der Waals surface area contributed by atoms with Crippen LogP contribution in [0.2, 0.25) is 0 Å². The zero-order valence-corrected chi connectivity index (χ0v) is 9.41. The van der Waals surface area contributed by atoms with E-state index < -0.39 is 29.0 Å². The Labute approximate surface area is 92.9 Å². The lowest BCUT2D eigenvalue weighted by Crippen LogP contribution is -2.16. The number of hydrogen-bond donors (Lipinski definition) is 0. The molecule has 0 amide bonds. The fraction of sp³-hybridized carbons (Fsp3) is 0.700. The fourth-order valence-corrected chi connectivity index (χ4v) is 1.66. The highest BCUT2D eigenvalue weighted by Crippen LogP contribution is 2.28. The molecule has 0 aliphatic carbocycles. The van der Waals surface area contributed by atoms with E-state index in [4.69, 9.17) is 11.6 Å². The second kappa shape index (κ2) is 4.75. The number of carbonyl (C=O) groups is 3. The number of halogens is 1. The zero-order chi connectivity index (χ0) is 11.6. The SMILES string of the molecule is CC(CCC1C(=O)OC(=O)C1C)C(=O)Cl. The third-order valence-electron chi connectivity index (χ3n) is 2.78. The average Bonchev–Trinajstić information content (AvgIpc) is 2.38. The van der Waals surface area contributed by atoms with E-state index in [9.17, 15) is 14.4 Å². The van der Waals surface area contributed by atoms with Gasteiger partial charge in [0.15, 0.2) is 0 Å². The Morgan fingerprint density at radius 3 is 2.47 bits per heavy atom. The van der Waals surface area contributed by atoms with Crippen LogP contribution in [-0.2, 0) is 19.1 Å². The monoisotopic (exact) mass is 232 g/mol. The second-order valence-electron chi connectivity index (χ2n) is 3.92. The molecule has 1 rings (SSSR count). The first kappa shape index (κ1) is 12.2. The minimum Gasteiger partial charge on any atom is -0.393 e. The van der Waals surface area contributed by atoms with Crippen molar-refractivity contribution in [2.75, 3.05) is 0 Å².